The fourth-order valence-electron chi connectivity index (χ4n) is 2.29. The zero-order valence-corrected chi connectivity index (χ0v) is 15.6. The predicted molar refractivity (Wildman–Crippen MR) is 101 cm³/mol. The zero-order chi connectivity index (χ0) is 18.5. The van der Waals surface area contributed by atoms with Crippen LogP contribution in [0.15, 0.2) is 65.3 Å². The number of anilines is 1. The molecule has 0 radical (unpaired) electrons. The Kier molecular flexibility index (Phi) is 5.68. The average Bonchev–Trinajstić information content (AvgIpc) is 3.06. The maximum absolute atomic E-state index is 12.9. The van der Waals surface area contributed by atoms with Gasteiger partial charge in [0.2, 0.25) is 0 Å². The van der Waals surface area contributed by atoms with Crippen molar-refractivity contribution >= 4 is 27.7 Å². The summed E-state index contributed by atoms with van der Waals surface area (Å²) in [5.74, 6) is 0.475. The van der Waals surface area contributed by atoms with Crippen molar-refractivity contribution in [3.63, 3.8) is 0 Å². The molecular formula is C19H17BrFN3O2. The van der Waals surface area contributed by atoms with E-state index < -0.39 is 6.10 Å². The van der Waals surface area contributed by atoms with Crippen LogP contribution >= 0.6 is 15.9 Å². The summed E-state index contributed by atoms with van der Waals surface area (Å²) >= 11 is 3.35. The molecule has 3 rings (SSSR count). The van der Waals surface area contributed by atoms with Gasteiger partial charge in [0.1, 0.15) is 11.6 Å². The van der Waals surface area contributed by atoms with Gasteiger partial charge in [-0.2, -0.15) is 5.10 Å². The minimum Gasteiger partial charge on any atom is -0.481 e. The van der Waals surface area contributed by atoms with E-state index in [1.165, 1.54) is 12.1 Å². The molecule has 1 heterocycles. The number of rotatable bonds is 6. The quantitative estimate of drug-likeness (QED) is 0.652. The smallest absolute Gasteiger partial charge is 0.266 e. The first kappa shape index (κ1) is 18.1. The van der Waals surface area contributed by atoms with Crippen molar-refractivity contribution in [1.82, 2.24) is 9.78 Å². The van der Waals surface area contributed by atoms with Crippen LogP contribution in [0.2, 0.25) is 0 Å². The van der Waals surface area contributed by atoms with Gasteiger partial charge in [0.05, 0.1) is 6.54 Å². The lowest BCUT2D eigenvalue weighted by Gasteiger charge is -2.13. The van der Waals surface area contributed by atoms with Gasteiger partial charge in [0.15, 0.2) is 11.9 Å². The Morgan fingerprint density at radius 1 is 1.19 bits per heavy atom. The lowest BCUT2D eigenvalue weighted by Crippen LogP contribution is -2.30. The SMILES string of the molecule is CC(Oc1ccc(Br)cc1)C(=O)Nc1ccn(Cc2ccc(F)cc2)n1. The summed E-state index contributed by atoms with van der Waals surface area (Å²) in [6.07, 6.45) is 1.08. The van der Waals surface area contributed by atoms with E-state index in [0.29, 0.717) is 18.1 Å². The van der Waals surface area contributed by atoms with Crippen LogP contribution in [-0.2, 0) is 11.3 Å². The summed E-state index contributed by atoms with van der Waals surface area (Å²) in [5, 5.41) is 7.02. The van der Waals surface area contributed by atoms with Crippen LogP contribution in [0.3, 0.4) is 0 Å². The highest BCUT2D eigenvalue weighted by Crippen LogP contribution is 2.17. The second-order valence-corrected chi connectivity index (χ2v) is 6.64. The summed E-state index contributed by atoms with van der Waals surface area (Å²) in [5.41, 5.74) is 0.916. The summed E-state index contributed by atoms with van der Waals surface area (Å²) in [6, 6.07) is 15.2. The maximum Gasteiger partial charge on any atom is 0.266 e. The van der Waals surface area contributed by atoms with Crippen LogP contribution in [0, 0.1) is 5.82 Å². The Balaban J connectivity index is 1.56. The Labute approximate surface area is 158 Å². The van der Waals surface area contributed by atoms with E-state index >= 15 is 0 Å². The minimum absolute atomic E-state index is 0.276. The number of hydrogen-bond acceptors (Lipinski definition) is 3. The first-order chi connectivity index (χ1) is 12.5. The summed E-state index contributed by atoms with van der Waals surface area (Å²) in [7, 11) is 0. The predicted octanol–water partition coefficient (Wildman–Crippen LogP) is 4.24. The first-order valence-electron chi connectivity index (χ1n) is 8.00. The molecule has 0 aliphatic heterocycles. The van der Waals surface area contributed by atoms with Crippen molar-refractivity contribution < 1.29 is 13.9 Å². The van der Waals surface area contributed by atoms with Crippen LogP contribution in [0.4, 0.5) is 10.2 Å². The molecule has 2 aromatic carbocycles. The standard InChI is InChI=1S/C19H17BrFN3O2/c1-13(26-17-8-4-15(20)5-9-17)19(25)22-18-10-11-24(23-18)12-14-2-6-16(21)7-3-14/h2-11,13H,12H2,1H3,(H,22,23,25). The number of halogens is 2. The fraction of sp³-hybridized carbons (Fsp3) is 0.158. The van der Waals surface area contributed by atoms with Crippen LogP contribution in [-0.4, -0.2) is 21.8 Å². The normalized spacial score (nSPS) is 11.8. The van der Waals surface area contributed by atoms with Crippen molar-refractivity contribution in [2.24, 2.45) is 0 Å². The Morgan fingerprint density at radius 3 is 2.58 bits per heavy atom. The molecule has 0 saturated heterocycles. The molecule has 1 N–H and O–H groups in total. The van der Waals surface area contributed by atoms with Crippen molar-refractivity contribution in [3.8, 4) is 5.75 Å². The molecule has 0 saturated carbocycles. The van der Waals surface area contributed by atoms with Crippen LogP contribution in [0.5, 0.6) is 5.75 Å². The molecule has 1 unspecified atom stereocenters. The van der Waals surface area contributed by atoms with E-state index in [4.69, 9.17) is 4.74 Å². The first-order valence-corrected chi connectivity index (χ1v) is 8.80. The van der Waals surface area contributed by atoms with Gasteiger partial charge < -0.3 is 10.1 Å². The lowest BCUT2D eigenvalue weighted by atomic mass is 10.2. The zero-order valence-electron chi connectivity index (χ0n) is 14.0. The van der Waals surface area contributed by atoms with Gasteiger partial charge in [0.25, 0.3) is 5.91 Å². The minimum atomic E-state index is -0.668. The Bertz CT molecular complexity index is 879. The van der Waals surface area contributed by atoms with Gasteiger partial charge in [-0.25, -0.2) is 4.39 Å². The summed E-state index contributed by atoms with van der Waals surface area (Å²) < 4.78 is 21.2. The molecule has 3 aromatic rings. The number of ether oxygens (including phenoxy) is 1. The van der Waals surface area contributed by atoms with Gasteiger partial charge in [-0.05, 0) is 48.9 Å². The van der Waals surface area contributed by atoms with Crippen LogP contribution in [0.1, 0.15) is 12.5 Å². The van der Waals surface area contributed by atoms with E-state index in [9.17, 15) is 9.18 Å². The molecule has 0 bridgehead atoms. The van der Waals surface area contributed by atoms with E-state index in [-0.39, 0.29) is 11.7 Å². The van der Waals surface area contributed by atoms with Crippen molar-refractivity contribution in [3.05, 3.63) is 76.6 Å². The fourth-order valence-corrected chi connectivity index (χ4v) is 2.56. The van der Waals surface area contributed by atoms with Crippen molar-refractivity contribution in [1.29, 1.82) is 0 Å². The third-order valence-electron chi connectivity index (χ3n) is 3.65. The molecule has 134 valence electrons. The Morgan fingerprint density at radius 2 is 1.88 bits per heavy atom. The second kappa shape index (κ2) is 8.14. The lowest BCUT2D eigenvalue weighted by molar-refractivity contribution is -0.122. The van der Waals surface area contributed by atoms with Gasteiger partial charge in [-0.1, -0.05) is 28.1 Å². The van der Waals surface area contributed by atoms with Gasteiger partial charge in [-0.15, -0.1) is 0 Å². The number of amides is 1. The molecule has 0 aliphatic carbocycles. The summed E-state index contributed by atoms with van der Waals surface area (Å²) in [4.78, 5) is 12.3. The third-order valence-corrected chi connectivity index (χ3v) is 4.17. The summed E-state index contributed by atoms with van der Waals surface area (Å²) in [6.45, 7) is 2.16. The number of aromatic nitrogens is 2. The van der Waals surface area contributed by atoms with E-state index in [1.807, 2.05) is 12.1 Å². The van der Waals surface area contributed by atoms with Gasteiger partial charge in [-0.3, -0.25) is 9.48 Å². The van der Waals surface area contributed by atoms with Crippen molar-refractivity contribution in [2.75, 3.05) is 5.32 Å². The van der Waals surface area contributed by atoms with E-state index in [1.54, 1.807) is 48.1 Å². The molecular weight excluding hydrogens is 401 g/mol. The topological polar surface area (TPSA) is 56.1 Å². The third kappa shape index (κ3) is 4.92. The molecule has 0 fully saturated rings. The van der Waals surface area contributed by atoms with E-state index in [2.05, 4.69) is 26.3 Å². The van der Waals surface area contributed by atoms with Crippen LogP contribution in [0.25, 0.3) is 0 Å². The second-order valence-electron chi connectivity index (χ2n) is 5.73. The molecule has 26 heavy (non-hydrogen) atoms. The van der Waals surface area contributed by atoms with E-state index in [0.717, 1.165) is 10.0 Å². The number of nitrogens with one attached hydrogen (secondary N) is 1. The highest BCUT2D eigenvalue weighted by atomic mass is 79.9. The largest absolute Gasteiger partial charge is 0.481 e. The monoisotopic (exact) mass is 417 g/mol. The Hall–Kier alpha value is -2.67. The maximum atomic E-state index is 12.9. The van der Waals surface area contributed by atoms with Crippen LogP contribution < -0.4 is 10.1 Å². The number of nitrogens with zero attached hydrogens (tertiary/aromatic N) is 2. The molecule has 1 atom stereocenters. The average molecular weight is 418 g/mol. The molecule has 0 aliphatic rings. The number of carbonyl (C=O) groups excluding carboxylic acids is 1. The molecule has 1 aromatic heterocycles. The number of carbonyl (C=O) groups is 1. The molecule has 1 amide bonds. The van der Waals surface area contributed by atoms with Gasteiger partial charge in [0, 0.05) is 16.7 Å². The molecule has 0 spiro atoms. The van der Waals surface area contributed by atoms with Crippen molar-refractivity contribution in [2.45, 2.75) is 19.6 Å². The highest BCUT2D eigenvalue weighted by molar-refractivity contribution is 9.10. The molecule has 7 heteroatoms. The van der Waals surface area contributed by atoms with Gasteiger partial charge >= 0.3 is 0 Å². The molecule has 5 nitrogen and oxygen atoms in total. The highest BCUT2D eigenvalue weighted by Gasteiger charge is 2.16. The number of hydrogen-bond donors (Lipinski definition) is 1. The number of benzene rings is 2.